The third-order valence-electron chi connectivity index (χ3n) is 10.4. The van der Waals surface area contributed by atoms with Gasteiger partial charge in [-0.05, 0) is 83.5 Å². The van der Waals surface area contributed by atoms with Crippen LogP contribution < -0.4 is 0 Å². The lowest BCUT2D eigenvalue weighted by Gasteiger charge is -2.18. The molecule has 0 aliphatic rings. The molecule has 0 radical (unpaired) electrons. The van der Waals surface area contributed by atoms with E-state index in [0.29, 0.717) is 19.3 Å². The first-order valence-corrected chi connectivity index (χ1v) is 25.1. The highest BCUT2D eigenvalue weighted by Gasteiger charge is 2.19. The molecule has 6 heteroatoms. The number of allylic oxidation sites excluding steroid dienone is 14. The maximum absolute atomic E-state index is 12.8. The molecule has 0 aromatic heterocycles. The molecule has 0 aromatic rings. The van der Waals surface area contributed by atoms with Crippen molar-refractivity contribution in [2.45, 2.75) is 232 Å². The molecular weight excluding hydrogens is 757 g/mol. The van der Waals surface area contributed by atoms with Crippen LogP contribution in [0.2, 0.25) is 0 Å². The van der Waals surface area contributed by atoms with Crippen LogP contribution in [0.5, 0.6) is 0 Å². The van der Waals surface area contributed by atoms with Crippen molar-refractivity contribution in [1.29, 1.82) is 0 Å². The Hall–Kier alpha value is -3.41. The Bertz CT molecular complexity index is 1200. The molecule has 0 saturated carbocycles. The van der Waals surface area contributed by atoms with Crippen molar-refractivity contribution < 1.29 is 28.6 Å². The number of hydrogen-bond acceptors (Lipinski definition) is 6. The molecule has 0 spiro atoms. The summed E-state index contributed by atoms with van der Waals surface area (Å²) in [5, 5.41) is 0. The molecular formula is C55H92O6. The van der Waals surface area contributed by atoms with Crippen molar-refractivity contribution in [1.82, 2.24) is 0 Å². The molecule has 61 heavy (non-hydrogen) atoms. The quantitative estimate of drug-likeness (QED) is 0.0263. The Morgan fingerprint density at radius 3 is 1.10 bits per heavy atom. The van der Waals surface area contributed by atoms with E-state index < -0.39 is 6.10 Å². The maximum Gasteiger partial charge on any atom is 0.306 e. The van der Waals surface area contributed by atoms with E-state index in [1.165, 1.54) is 89.9 Å². The highest BCUT2D eigenvalue weighted by molar-refractivity contribution is 5.71. The van der Waals surface area contributed by atoms with Gasteiger partial charge in [0.1, 0.15) is 13.2 Å². The average molecular weight is 849 g/mol. The minimum atomic E-state index is -0.808. The van der Waals surface area contributed by atoms with Gasteiger partial charge in [-0.15, -0.1) is 0 Å². The predicted molar refractivity (Wildman–Crippen MR) is 261 cm³/mol. The molecule has 0 heterocycles. The van der Waals surface area contributed by atoms with Crippen molar-refractivity contribution in [2.24, 2.45) is 0 Å². The molecule has 0 aliphatic heterocycles. The second-order valence-electron chi connectivity index (χ2n) is 16.3. The van der Waals surface area contributed by atoms with Crippen LogP contribution in [0.4, 0.5) is 0 Å². The Kier molecular flexibility index (Phi) is 46.5. The number of rotatable bonds is 44. The van der Waals surface area contributed by atoms with E-state index in [0.717, 1.165) is 89.9 Å². The summed E-state index contributed by atoms with van der Waals surface area (Å²) < 4.78 is 16.7. The van der Waals surface area contributed by atoms with Gasteiger partial charge in [0.2, 0.25) is 0 Å². The van der Waals surface area contributed by atoms with Gasteiger partial charge in [0.25, 0.3) is 0 Å². The van der Waals surface area contributed by atoms with Crippen LogP contribution in [0.1, 0.15) is 226 Å². The van der Waals surface area contributed by atoms with Gasteiger partial charge in [0.15, 0.2) is 6.10 Å². The molecule has 0 rings (SSSR count). The molecule has 0 aliphatic carbocycles. The third kappa shape index (κ3) is 47.5. The van der Waals surface area contributed by atoms with Crippen molar-refractivity contribution in [3.8, 4) is 0 Å². The summed E-state index contributed by atoms with van der Waals surface area (Å²) >= 11 is 0. The Balaban J connectivity index is 4.49. The smallest absolute Gasteiger partial charge is 0.306 e. The summed E-state index contributed by atoms with van der Waals surface area (Å²) in [5.74, 6) is -1.00. The highest BCUT2D eigenvalue weighted by atomic mass is 16.6. The van der Waals surface area contributed by atoms with Crippen molar-refractivity contribution in [3.05, 3.63) is 85.1 Å². The van der Waals surface area contributed by atoms with E-state index in [1.54, 1.807) is 0 Å². The first kappa shape index (κ1) is 57.6. The number of unbranched alkanes of at least 4 members (excludes halogenated alkanes) is 19. The molecule has 0 aromatic carbocycles. The molecule has 0 amide bonds. The minimum Gasteiger partial charge on any atom is -0.462 e. The number of carbonyl (C=O) groups excluding carboxylic acids is 3. The second kappa shape index (κ2) is 49.2. The molecule has 1 atom stereocenters. The molecule has 0 N–H and O–H groups in total. The average Bonchev–Trinajstić information content (AvgIpc) is 3.26. The van der Waals surface area contributed by atoms with E-state index in [2.05, 4.69) is 99.8 Å². The fourth-order valence-corrected chi connectivity index (χ4v) is 6.64. The fraction of sp³-hybridized carbons (Fsp3) is 0.691. The van der Waals surface area contributed by atoms with Crippen LogP contribution in [0.15, 0.2) is 85.1 Å². The Labute approximate surface area is 375 Å². The van der Waals surface area contributed by atoms with E-state index >= 15 is 0 Å². The fourth-order valence-electron chi connectivity index (χ4n) is 6.64. The lowest BCUT2D eigenvalue weighted by molar-refractivity contribution is -0.166. The van der Waals surface area contributed by atoms with Gasteiger partial charge in [0, 0.05) is 19.3 Å². The SMILES string of the molecule is CC/C=C\C/C=C\C/C=C\C/C=C\C/C=C\C/C=C\CCC(=O)OCC(COC(=O)CCCCCCCCCCCC)OC(=O)CCCCCCC/C=C\CCCCCCC. The van der Waals surface area contributed by atoms with Crippen molar-refractivity contribution in [2.75, 3.05) is 13.2 Å². The summed E-state index contributed by atoms with van der Waals surface area (Å²) in [4.78, 5) is 37.8. The number of hydrogen-bond donors (Lipinski definition) is 0. The van der Waals surface area contributed by atoms with E-state index in [4.69, 9.17) is 14.2 Å². The van der Waals surface area contributed by atoms with E-state index in [-0.39, 0.29) is 37.5 Å². The van der Waals surface area contributed by atoms with Gasteiger partial charge < -0.3 is 14.2 Å². The summed E-state index contributed by atoms with van der Waals surface area (Å²) in [5.41, 5.74) is 0. The van der Waals surface area contributed by atoms with Gasteiger partial charge in [0.05, 0.1) is 0 Å². The van der Waals surface area contributed by atoms with Gasteiger partial charge in [-0.3, -0.25) is 14.4 Å². The van der Waals surface area contributed by atoms with Crippen LogP contribution in [-0.4, -0.2) is 37.2 Å². The van der Waals surface area contributed by atoms with Gasteiger partial charge >= 0.3 is 17.9 Å². The summed E-state index contributed by atoms with van der Waals surface area (Å²) in [6.45, 7) is 6.42. The Morgan fingerprint density at radius 2 is 0.672 bits per heavy atom. The zero-order valence-corrected chi connectivity index (χ0v) is 39.7. The maximum atomic E-state index is 12.8. The van der Waals surface area contributed by atoms with E-state index in [9.17, 15) is 14.4 Å². The number of ether oxygens (including phenoxy) is 3. The largest absolute Gasteiger partial charge is 0.462 e. The monoisotopic (exact) mass is 849 g/mol. The van der Waals surface area contributed by atoms with Crippen LogP contribution >= 0.6 is 0 Å². The minimum absolute atomic E-state index is 0.102. The van der Waals surface area contributed by atoms with Gasteiger partial charge in [-0.25, -0.2) is 0 Å². The third-order valence-corrected chi connectivity index (χ3v) is 10.4. The van der Waals surface area contributed by atoms with E-state index in [1.807, 2.05) is 6.08 Å². The van der Waals surface area contributed by atoms with Crippen LogP contribution in [0, 0.1) is 0 Å². The Morgan fingerprint density at radius 1 is 0.344 bits per heavy atom. The van der Waals surface area contributed by atoms with Crippen molar-refractivity contribution in [3.63, 3.8) is 0 Å². The van der Waals surface area contributed by atoms with Crippen LogP contribution in [-0.2, 0) is 28.6 Å². The number of carbonyl (C=O) groups is 3. The van der Waals surface area contributed by atoms with Crippen molar-refractivity contribution >= 4 is 17.9 Å². The lowest BCUT2D eigenvalue weighted by Crippen LogP contribution is -2.30. The zero-order chi connectivity index (χ0) is 44.4. The first-order valence-electron chi connectivity index (χ1n) is 25.1. The summed E-state index contributed by atoms with van der Waals surface area (Å²) in [7, 11) is 0. The predicted octanol–water partition coefficient (Wildman–Crippen LogP) is 16.4. The normalized spacial score (nSPS) is 12.8. The topological polar surface area (TPSA) is 78.9 Å². The molecule has 0 fully saturated rings. The van der Waals surface area contributed by atoms with Gasteiger partial charge in [-0.1, -0.05) is 209 Å². The van der Waals surface area contributed by atoms with Crippen LogP contribution in [0.3, 0.4) is 0 Å². The van der Waals surface area contributed by atoms with Gasteiger partial charge in [-0.2, -0.15) is 0 Å². The second-order valence-corrected chi connectivity index (χ2v) is 16.3. The molecule has 0 saturated heterocycles. The highest BCUT2D eigenvalue weighted by Crippen LogP contribution is 2.13. The number of esters is 3. The summed E-state index contributed by atoms with van der Waals surface area (Å²) in [6, 6.07) is 0. The molecule has 0 bridgehead atoms. The standard InChI is InChI=1S/C55H92O6/c1-4-7-10-13-16-19-22-24-26-27-28-29-30-32-33-36-39-42-45-48-54(57)60-51-52(50-59-53(56)47-44-41-38-35-21-18-15-12-9-6-3)61-55(58)49-46-43-40-37-34-31-25-23-20-17-14-11-8-5-2/h7,10,16,19,23-26,28-29,32-33,39,42,52H,4-6,8-9,11-15,17-18,20-22,27,30-31,34-38,40-41,43-51H2,1-3H3/b10-7-,19-16-,25-23-,26-24-,29-28-,33-32-,42-39-. The molecule has 1 unspecified atom stereocenters. The first-order chi connectivity index (χ1) is 30.0. The summed E-state index contributed by atoms with van der Waals surface area (Å²) in [6.07, 6.45) is 62.9. The zero-order valence-electron chi connectivity index (χ0n) is 39.7. The lowest BCUT2D eigenvalue weighted by atomic mass is 10.1. The van der Waals surface area contributed by atoms with Crippen LogP contribution in [0.25, 0.3) is 0 Å². The molecule has 348 valence electrons. The molecule has 6 nitrogen and oxygen atoms in total.